The maximum absolute atomic E-state index is 13.1. The average Bonchev–Trinajstić information content (AvgIpc) is 3.29. The third-order valence-electron chi connectivity index (χ3n) is 6.56. The van der Waals surface area contributed by atoms with Crippen molar-refractivity contribution >= 4 is 27.3 Å². The highest BCUT2D eigenvalue weighted by atomic mass is 32.2. The van der Waals surface area contributed by atoms with Crippen LogP contribution in [0.3, 0.4) is 0 Å². The first kappa shape index (κ1) is 22.5. The van der Waals surface area contributed by atoms with Crippen molar-refractivity contribution in [2.75, 3.05) is 13.1 Å². The normalized spacial score (nSPS) is 18.5. The lowest BCUT2D eigenvalue weighted by molar-refractivity contribution is 0.0728. The van der Waals surface area contributed by atoms with Crippen LogP contribution in [0.5, 0.6) is 0 Å². The van der Waals surface area contributed by atoms with E-state index in [9.17, 15) is 13.2 Å². The second-order valence-electron chi connectivity index (χ2n) is 8.78. The zero-order valence-electron chi connectivity index (χ0n) is 18.6. The minimum Gasteiger partial charge on any atom is -0.345 e. The Bertz CT molecular complexity index is 1060. The highest BCUT2D eigenvalue weighted by Crippen LogP contribution is 2.33. The molecule has 0 atom stereocenters. The number of aromatic nitrogens is 2. The van der Waals surface area contributed by atoms with Gasteiger partial charge in [0.15, 0.2) is 0 Å². The standard InChI is InChI=1S/C22H32N4O3S2/c1-15-20(22(27)26-12-8-5-9-13-26)30-21(23-15)18-14-19(16(2)25(18)3)31(28,29)24-17-10-6-4-7-11-17/h14,17,24H,4-13H2,1-3H3. The Hall–Kier alpha value is -1.71. The van der Waals surface area contributed by atoms with Crippen LogP contribution in [0.1, 0.15) is 72.4 Å². The van der Waals surface area contributed by atoms with E-state index in [1.807, 2.05) is 30.4 Å². The molecule has 1 aliphatic carbocycles. The van der Waals surface area contributed by atoms with Crippen molar-refractivity contribution in [3.8, 4) is 10.7 Å². The van der Waals surface area contributed by atoms with Gasteiger partial charge in [0, 0.05) is 31.9 Å². The summed E-state index contributed by atoms with van der Waals surface area (Å²) in [5, 5.41) is 0.683. The summed E-state index contributed by atoms with van der Waals surface area (Å²) < 4.78 is 31.0. The van der Waals surface area contributed by atoms with E-state index in [1.54, 1.807) is 6.07 Å². The van der Waals surface area contributed by atoms with Crippen LogP contribution in [-0.4, -0.2) is 47.9 Å². The molecule has 0 unspecified atom stereocenters. The molecule has 0 radical (unpaired) electrons. The van der Waals surface area contributed by atoms with Crippen LogP contribution in [0.15, 0.2) is 11.0 Å². The van der Waals surface area contributed by atoms with Crippen molar-refractivity contribution in [1.29, 1.82) is 0 Å². The molecule has 2 aromatic rings. The number of rotatable bonds is 5. The number of thiazole rings is 1. The van der Waals surface area contributed by atoms with Crippen LogP contribution in [-0.2, 0) is 17.1 Å². The largest absolute Gasteiger partial charge is 0.345 e. The van der Waals surface area contributed by atoms with Crippen molar-refractivity contribution in [2.45, 2.75) is 76.2 Å². The van der Waals surface area contributed by atoms with Crippen LogP contribution in [0.4, 0.5) is 0 Å². The topological polar surface area (TPSA) is 84.3 Å². The Morgan fingerprint density at radius 3 is 2.42 bits per heavy atom. The van der Waals surface area contributed by atoms with Gasteiger partial charge in [-0.05, 0) is 52.0 Å². The second kappa shape index (κ2) is 9.03. The van der Waals surface area contributed by atoms with E-state index in [4.69, 9.17) is 0 Å². The highest BCUT2D eigenvalue weighted by molar-refractivity contribution is 7.89. The molecule has 0 spiro atoms. The third-order valence-corrected chi connectivity index (χ3v) is 9.36. The predicted molar refractivity (Wildman–Crippen MR) is 123 cm³/mol. The molecule has 2 aromatic heterocycles. The maximum atomic E-state index is 13.1. The van der Waals surface area contributed by atoms with Crippen molar-refractivity contribution in [3.63, 3.8) is 0 Å². The van der Waals surface area contributed by atoms with E-state index in [2.05, 4.69) is 9.71 Å². The summed E-state index contributed by atoms with van der Waals surface area (Å²) in [6.07, 6.45) is 8.36. The summed E-state index contributed by atoms with van der Waals surface area (Å²) in [6.45, 7) is 5.27. The smallest absolute Gasteiger partial charge is 0.265 e. The van der Waals surface area contributed by atoms with Gasteiger partial charge < -0.3 is 9.47 Å². The second-order valence-corrected chi connectivity index (χ2v) is 11.5. The lowest BCUT2D eigenvalue weighted by Crippen LogP contribution is -2.36. The molecule has 2 fully saturated rings. The molecule has 1 saturated carbocycles. The number of piperidine rings is 1. The average molecular weight is 465 g/mol. The van der Waals surface area contributed by atoms with Gasteiger partial charge in [0.05, 0.1) is 11.4 Å². The molecule has 1 N–H and O–H groups in total. The summed E-state index contributed by atoms with van der Waals surface area (Å²) >= 11 is 1.36. The zero-order valence-corrected chi connectivity index (χ0v) is 20.2. The fourth-order valence-electron chi connectivity index (χ4n) is 4.60. The number of nitrogens with one attached hydrogen (secondary N) is 1. The number of hydrogen-bond donors (Lipinski definition) is 1. The number of nitrogens with zero attached hydrogens (tertiary/aromatic N) is 3. The van der Waals surface area contributed by atoms with E-state index in [0.29, 0.717) is 26.2 Å². The van der Waals surface area contributed by atoms with Crippen molar-refractivity contribution in [1.82, 2.24) is 19.2 Å². The number of sulfonamides is 1. The molecule has 31 heavy (non-hydrogen) atoms. The summed E-state index contributed by atoms with van der Waals surface area (Å²) in [5.41, 5.74) is 2.11. The maximum Gasteiger partial charge on any atom is 0.265 e. The quantitative estimate of drug-likeness (QED) is 0.725. The van der Waals surface area contributed by atoms with Crippen LogP contribution in [0.2, 0.25) is 0 Å². The van der Waals surface area contributed by atoms with Gasteiger partial charge in [0.25, 0.3) is 5.91 Å². The van der Waals surface area contributed by atoms with Gasteiger partial charge in [-0.3, -0.25) is 4.79 Å². The summed E-state index contributed by atoms with van der Waals surface area (Å²) in [4.78, 5) is 20.5. The van der Waals surface area contributed by atoms with Gasteiger partial charge >= 0.3 is 0 Å². The van der Waals surface area contributed by atoms with E-state index >= 15 is 0 Å². The van der Waals surface area contributed by atoms with Crippen LogP contribution in [0, 0.1) is 13.8 Å². The first-order valence-electron chi connectivity index (χ1n) is 11.2. The highest BCUT2D eigenvalue weighted by Gasteiger charge is 2.28. The molecule has 2 aliphatic rings. The van der Waals surface area contributed by atoms with Gasteiger partial charge in [-0.25, -0.2) is 18.1 Å². The van der Waals surface area contributed by atoms with Crippen LogP contribution >= 0.6 is 11.3 Å². The van der Waals surface area contributed by atoms with E-state index in [0.717, 1.165) is 57.3 Å². The molecule has 0 aromatic carbocycles. The van der Waals surface area contributed by atoms with Gasteiger partial charge in [0.1, 0.15) is 14.8 Å². The van der Waals surface area contributed by atoms with Crippen molar-refractivity contribution in [3.05, 3.63) is 22.3 Å². The fourth-order valence-corrected chi connectivity index (χ4v) is 7.28. The zero-order chi connectivity index (χ0) is 22.2. The monoisotopic (exact) mass is 464 g/mol. The lowest BCUT2D eigenvalue weighted by atomic mass is 9.96. The van der Waals surface area contributed by atoms with Crippen LogP contribution < -0.4 is 4.72 Å². The molecule has 9 heteroatoms. The van der Waals surface area contributed by atoms with E-state index in [1.165, 1.54) is 24.2 Å². The summed E-state index contributed by atoms with van der Waals surface area (Å²) in [7, 11) is -1.75. The molecular weight excluding hydrogens is 432 g/mol. The number of carbonyl (C=O) groups excluding carboxylic acids is 1. The molecule has 170 valence electrons. The molecule has 4 rings (SSSR count). The van der Waals surface area contributed by atoms with Gasteiger partial charge in [0.2, 0.25) is 10.0 Å². The fraction of sp³-hybridized carbons (Fsp3) is 0.636. The van der Waals surface area contributed by atoms with Crippen LogP contribution in [0.25, 0.3) is 10.7 Å². The summed E-state index contributed by atoms with van der Waals surface area (Å²) in [5.74, 6) is 0.0405. The number of amides is 1. The Morgan fingerprint density at radius 2 is 1.74 bits per heavy atom. The Kier molecular flexibility index (Phi) is 6.55. The minimum atomic E-state index is -3.61. The Morgan fingerprint density at radius 1 is 1.10 bits per heavy atom. The lowest BCUT2D eigenvalue weighted by Gasteiger charge is -2.26. The first-order chi connectivity index (χ1) is 14.8. The number of hydrogen-bond acceptors (Lipinski definition) is 5. The molecule has 0 bridgehead atoms. The third kappa shape index (κ3) is 4.59. The summed E-state index contributed by atoms with van der Waals surface area (Å²) in [6, 6.07) is 1.71. The first-order valence-corrected chi connectivity index (χ1v) is 13.5. The van der Waals surface area contributed by atoms with Crippen molar-refractivity contribution < 1.29 is 13.2 Å². The number of likely N-dealkylation sites (tertiary alicyclic amines) is 1. The van der Waals surface area contributed by atoms with Gasteiger partial charge in [-0.2, -0.15) is 0 Å². The number of aryl methyl sites for hydroxylation is 1. The van der Waals surface area contributed by atoms with E-state index in [-0.39, 0.29) is 11.9 Å². The molecule has 1 saturated heterocycles. The molecule has 3 heterocycles. The molecular formula is C22H32N4O3S2. The van der Waals surface area contributed by atoms with Gasteiger partial charge in [-0.1, -0.05) is 19.3 Å². The SMILES string of the molecule is Cc1nc(-c2cc(S(=O)(=O)NC3CCCCC3)c(C)n2C)sc1C(=O)N1CCCCC1. The minimum absolute atomic E-state index is 0.0117. The molecule has 1 amide bonds. The Labute approximate surface area is 188 Å². The number of carbonyl (C=O) groups is 1. The molecule has 1 aliphatic heterocycles. The van der Waals surface area contributed by atoms with Gasteiger partial charge in [-0.15, -0.1) is 11.3 Å². The van der Waals surface area contributed by atoms with E-state index < -0.39 is 10.0 Å². The molecule has 7 nitrogen and oxygen atoms in total. The Balaban J connectivity index is 1.61. The predicted octanol–water partition coefficient (Wildman–Crippen LogP) is 4.00. The van der Waals surface area contributed by atoms with Crippen molar-refractivity contribution in [2.24, 2.45) is 7.05 Å².